The lowest BCUT2D eigenvalue weighted by molar-refractivity contribution is 0.169. The Morgan fingerprint density at radius 2 is 2.03 bits per heavy atom. The zero-order valence-corrected chi connectivity index (χ0v) is 19.5. The molecule has 0 saturated carbocycles. The van der Waals surface area contributed by atoms with Crippen LogP contribution in [0.3, 0.4) is 0 Å². The van der Waals surface area contributed by atoms with Gasteiger partial charge in [-0.15, -0.1) is 11.3 Å². The Hall–Kier alpha value is -3.08. The topological polar surface area (TPSA) is 114 Å². The summed E-state index contributed by atoms with van der Waals surface area (Å²) < 4.78 is 3.73. The molecular formula is C23H27N7O2S. The lowest BCUT2D eigenvalue weighted by Crippen LogP contribution is -2.15. The second-order valence-corrected chi connectivity index (χ2v) is 9.28. The molecule has 172 valence electrons. The van der Waals surface area contributed by atoms with Gasteiger partial charge >= 0.3 is 0 Å². The first-order valence-corrected chi connectivity index (χ1v) is 12.0. The molecule has 1 atom stereocenters. The Balaban J connectivity index is 1.43. The predicted octanol–water partition coefficient (Wildman–Crippen LogP) is 3.39. The second kappa shape index (κ2) is 9.05. The fourth-order valence-corrected chi connectivity index (χ4v) is 4.92. The molecule has 33 heavy (non-hydrogen) atoms. The maximum atomic E-state index is 9.93. The third-order valence-electron chi connectivity index (χ3n) is 5.74. The van der Waals surface area contributed by atoms with Gasteiger partial charge in [-0.3, -0.25) is 0 Å². The van der Waals surface area contributed by atoms with Crippen LogP contribution in [0.5, 0.6) is 0 Å². The van der Waals surface area contributed by atoms with Gasteiger partial charge in [0.05, 0.1) is 54.0 Å². The number of thiazole rings is 1. The van der Waals surface area contributed by atoms with E-state index in [1.807, 2.05) is 39.9 Å². The summed E-state index contributed by atoms with van der Waals surface area (Å²) >= 11 is 1.49. The summed E-state index contributed by atoms with van der Waals surface area (Å²) in [5, 5.41) is 30.7. The highest BCUT2D eigenvalue weighted by Crippen LogP contribution is 2.33. The van der Waals surface area contributed by atoms with Gasteiger partial charge in [-0.05, 0) is 51.7 Å². The van der Waals surface area contributed by atoms with Crippen LogP contribution in [0.15, 0.2) is 30.0 Å². The van der Waals surface area contributed by atoms with E-state index in [4.69, 9.17) is 10.1 Å². The summed E-state index contributed by atoms with van der Waals surface area (Å²) in [5.74, 6) is 0.918. The third-order valence-corrected chi connectivity index (χ3v) is 6.50. The van der Waals surface area contributed by atoms with Crippen LogP contribution in [0.25, 0.3) is 17.1 Å². The quantitative estimate of drug-likeness (QED) is 0.383. The molecule has 0 amide bonds. The number of anilines is 2. The number of nitrogens with zero attached hydrogens (tertiary/aromatic N) is 6. The average molecular weight is 466 g/mol. The van der Waals surface area contributed by atoms with Gasteiger partial charge in [-0.25, -0.2) is 19.6 Å². The van der Waals surface area contributed by atoms with E-state index in [0.29, 0.717) is 17.9 Å². The number of nitrogens with one attached hydrogen (secondary N) is 1. The molecule has 0 spiro atoms. The number of aliphatic hydroxyl groups excluding tert-OH is 2. The van der Waals surface area contributed by atoms with E-state index in [0.717, 1.165) is 59.4 Å². The lowest BCUT2D eigenvalue weighted by atomic mass is 9.97. The zero-order valence-electron chi connectivity index (χ0n) is 18.7. The molecule has 1 aliphatic carbocycles. The molecule has 0 radical (unpaired) electrons. The van der Waals surface area contributed by atoms with E-state index in [9.17, 15) is 10.2 Å². The van der Waals surface area contributed by atoms with Crippen molar-refractivity contribution in [2.75, 3.05) is 5.32 Å². The van der Waals surface area contributed by atoms with Crippen molar-refractivity contribution in [3.05, 3.63) is 52.7 Å². The minimum absolute atomic E-state index is 0.180. The minimum Gasteiger partial charge on any atom is -0.391 e. The Bertz CT molecular complexity index is 1270. The third kappa shape index (κ3) is 4.41. The molecule has 0 bridgehead atoms. The van der Waals surface area contributed by atoms with E-state index in [1.54, 1.807) is 13.3 Å². The van der Waals surface area contributed by atoms with Crippen molar-refractivity contribution in [2.24, 2.45) is 0 Å². The smallest absolute Gasteiger partial charge is 0.188 e. The van der Waals surface area contributed by atoms with Crippen LogP contribution in [-0.4, -0.2) is 45.6 Å². The van der Waals surface area contributed by atoms with Gasteiger partial charge in [0, 0.05) is 17.1 Å². The number of rotatable bonds is 7. The van der Waals surface area contributed by atoms with Gasteiger partial charge in [0.25, 0.3) is 0 Å². The number of aliphatic hydroxyl groups is 2. The van der Waals surface area contributed by atoms with E-state index >= 15 is 0 Å². The molecular weight excluding hydrogens is 438 g/mol. The number of hydrogen-bond donors (Lipinski definition) is 3. The van der Waals surface area contributed by atoms with Crippen LogP contribution < -0.4 is 5.32 Å². The molecule has 10 heteroatoms. The van der Waals surface area contributed by atoms with Crippen molar-refractivity contribution >= 4 is 22.3 Å². The largest absolute Gasteiger partial charge is 0.391 e. The molecule has 4 heterocycles. The van der Waals surface area contributed by atoms with E-state index in [-0.39, 0.29) is 6.61 Å². The molecule has 0 aliphatic heterocycles. The Labute approximate surface area is 195 Å². The van der Waals surface area contributed by atoms with Crippen molar-refractivity contribution in [1.29, 1.82) is 0 Å². The monoisotopic (exact) mass is 465 g/mol. The van der Waals surface area contributed by atoms with Crippen LogP contribution in [0.4, 0.5) is 10.9 Å². The molecule has 9 nitrogen and oxygen atoms in total. The minimum atomic E-state index is -0.488. The van der Waals surface area contributed by atoms with Crippen LogP contribution >= 0.6 is 11.3 Å². The number of hydrogen-bond acceptors (Lipinski definition) is 8. The molecule has 1 unspecified atom stereocenters. The summed E-state index contributed by atoms with van der Waals surface area (Å²) in [4.78, 5) is 13.7. The van der Waals surface area contributed by atoms with Crippen molar-refractivity contribution < 1.29 is 10.2 Å². The first-order chi connectivity index (χ1) is 16.0. The van der Waals surface area contributed by atoms with Gasteiger partial charge in [-0.1, -0.05) is 0 Å². The SMILES string of the molecule is Cc1cn(-c2ccc(-c3csc(Nc4c5c(nn4CC(C)O)CCCC5)n3)nc2CO)cn1. The van der Waals surface area contributed by atoms with E-state index in [2.05, 4.69) is 15.3 Å². The first kappa shape index (κ1) is 21.7. The van der Waals surface area contributed by atoms with Crippen LogP contribution in [0.1, 0.15) is 42.4 Å². The molecule has 5 rings (SSSR count). The summed E-state index contributed by atoms with van der Waals surface area (Å²) in [6.07, 6.45) is 7.36. The maximum absolute atomic E-state index is 9.93. The van der Waals surface area contributed by atoms with Crippen LogP contribution in [-0.2, 0) is 26.0 Å². The highest BCUT2D eigenvalue weighted by molar-refractivity contribution is 7.14. The van der Waals surface area contributed by atoms with Gasteiger partial charge in [0.2, 0.25) is 0 Å². The molecule has 4 aromatic heterocycles. The summed E-state index contributed by atoms with van der Waals surface area (Å²) in [5.41, 5.74) is 6.03. The number of aryl methyl sites for hydroxylation is 2. The maximum Gasteiger partial charge on any atom is 0.188 e. The number of imidazole rings is 1. The molecule has 0 aromatic carbocycles. The number of aromatic nitrogens is 6. The van der Waals surface area contributed by atoms with Gasteiger partial charge in [-0.2, -0.15) is 5.10 Å². The zero-order chi connectivity index (χ0) is 22.9. The van der Waals surface area contributed by atoms with E-state index < -0.39 is 6.10 Å². The van der Waals surface area contributed by atoms with Crippen LogP contribution in [0, 0.1) is 6.92 Å². The average Bonchev–Trinajstić information content (AvgIpc) is 3.53. The van der Waals surface area contributed by atoms with Crippen molar-refractivity contribution in [2.45, 2.75) is 58.8 Å². The summed E-state index contributed by atoms with van der Waals surface area (Å²) in [6, 6.07) is 3.83. The fraction of sp³-hybridized carbons (Fsp3) is 0.391. The van der Waals surface area contributed by atoms with Gasteiger partial charge < -0.3 is 20.1 Å². The molecule has 1 aliphatic rings. The highest BCUT2D eigenvalue weighted by atomic mass is 32.1. The van der Waals surface area contributed by atoms with Crippen molar-refractivity contribution in [1.82, 2.24) is 29.3 Å². The van der Waals surface area contributed by atoms with E-state index in [1.165, 1.54) is 16.9 Å². The van der Waals surface area contributed by atoms with Gasteiger partial charge in [0.15, 0.2) is 5.13 Å². The Morgan fingerprint density at radius 3 is 2.79 bits per heavy atom. The van der Waals surface area contributed by atoms with Crippen molar-refractivity contribution in [3.63, 3.8) is 0 Å². The molecule has 0 saturated heterocycles. The fourth-order valence-electron chi connectivity index (χ4n) is 4.22. The molecule has 3 N–H and O–H groups in total. The Morgan fingerprint density at radius 1 is 1.18 bits per heavy atom. The summed E-state index contributed by atoms with van der Waals surface area (Å²) in [7, 11) is 0. The van der Waals surface area contributed by atoms with Gasteiger partial charge in [0.1, 0.15) is 11.5 Å². The second-order valence-electron chi connectivity index (χ2n) is 8.42. The first-order valence-electron chi connectivity index (χ1n) is 11.1. The Kier molecular flexibility index (Phi) is 5.96. The van der Waals surface area contributed by atoms with Crippen LogP contribution in [0.2, 0.25) is 0 Å². The number of fused-ring (bicyclic) bond motifs is 1. The standard InChI is InChI=1S/C23H27N7O2S/c1-14-9-29(13-24-14)21-8-7-18(25-19(21)11-31)20-12-33-23(26-20)27-22-16-5-3-4-6-17(16)28-30(22)10-15(2)32/h7-9,12-13,15,31-32H,3-6,10-11H2,1-2H3,(H,26,27). The van der Waals surface area contributed by atoms with Crippen molar-refractivity contribution in [3.8, 4) is 17.1 Å². The highest BCUT2D eigenvalue weighted by Gasteiger charge is 2.22. The normalized spacial score (nSPS) is 14.3. The predicted molar refractivity (Wildman–Crippen MR) is 127 cm³/mol. The molecule has 4 aromatic rings. The lowest BCUT2D eigenvalue weighted by Gasteiger charge is -2.13. The number of pyridine rings is 1. The molecule has 0 fully saturated rings. The summed E-state index contributed by atoms with van der Waals surface area (Å²) in [6.45, 7) is 3.95.